The van der Waals surface area contributed by atoms with Crippen molar-refractivity contribution >= 4 is 0 Å². The molecule has 4 heteroatoms. The molecule has 78 valence electrons. The number of aromatic nitrogens is 1. The van der Waals surface area contributed by atoms with Crippen LogP contribution in [0.4, 0.5) is 0 Å². The van der Waals surface area contributed by atoms with Crippen molar-refractivity contribution in [3.05, 3.63) is 17.3 Å². The van der Waals surface area contributed by atoms with E-state index in [1.807, 2.05) is 20.8 Å². The Balaban J connectivity index is 1.93. The minimum atomic E-state index is -0.517. The molecule has 0 radical (unpaired) electrons. The molecule has 2 heterocycles. The van der Waals surface area contributed by atoms with Crippen molar-refractivity contribution in [2.24, 2.45) is 0 Å². The quantitative estimate of drug-likeness (QED) is 0.762. The molecule has 1 saturated heterocycles. The van der Waals surface area contributed by atoms with Crippen LogP contribution in [-0.4, -0.2) is 33.7 Å². The average Bonchev–Trinajstić information content (AvgIpc) is 2.27. The van der Waals surface area contributed by atoms with E-state index in [2.05, 4.69) is 9.88 Å². The summed E-state index contributed by atoms with van der Waals surface area (Å²) in [5.74, 6) is 1.63. The molecule has 0 unspecified atom stereocenters. The van der Waals surface area contributed by atoms with Gasteiger partial charge in [-0.2, -0.15) is 0 Å². The van der Waals surface area contributed by atoms with Gasteiger partial charge in [-0.1, -0.05) is 0 Å². The maximum Gasteiger partial charge on any atom is 0.208 e. The summed E-state index contributed by atoms with van der Waals surface area (Å²) in [6.45, 7) is 7.80. The maximum atomic E-state index is 9.53. The first-order chi connectivity index (χ1) is 6.46. The minimum absolute atomic E-state index is 0.517. The molecule has 1 aliphatic heterocycles. The summed E-state index contributed by atoms with van der Waals surface area (Å²) >= 11 is 0. The van der Waals surface area contributed by atoms with Crippen LogP contribution in [0.2, 0.25) is 0 Å². The van der Waals surface area contributed by atoms with Crippen molar-refractivity contribution in [2.75, 3.05) is 13.1 Å². The normalized spacial score (nSPS) is 20.9. The number of likely N-dealkylation sites (tertiary alicyclic amines) is 1. The van der Waals surface area contributed by atoms with Crippen molar-refractivity contribution < 1.29 is 9.52 Å². The zero-order chi connectivity index (χ0) is 10.3. The van der Waals surface area contributed by atoms with Gasteiger partial charge >= 0.3 is 0 Å². The molecule has 1 N–H and O–H groups in total. The van der Waals surface area contributed by atoms with Crippen molar-refractivity contribution in [1.29, 1.82) is 0 Å². The van der Waals surface area contributed by atoms with Gasteiger partial charge in [0.15, 0.2) is 0 Å². The number of aryl methyl sites for hydroxylation is 2. The summed E-state index contributed by atoms with van der Waals surface area (Å²) in [4.78, 5) is 6.41. The summed E-state index contributed by atoms with van der Waals surface area (Å²) in [6.07, 6.45) is 0. The Bertz CT molecular complexity index is 316. The maximum absolute atomic E-state index is 9.53. The second-order valence-corrected chi connectivity index (χ2v) is 4.39. The Morgan fingerprint density at radius 3 is 2.57 bits per heavy atom. The second-order valence-electron chi connectivity index (χ2n) is 4.39. The van der Waals surface area contributed by atoms with Gasteiger partial charge < -0.3 is 9.52 Å². The second kappa shape index (κ2) is 3.07. The Hall–Kier alpha value is -0.870. The van der Waals surface area contributed by atoms with E-state index in [0.717, 1.165) is 17.3 Å². The molecule has 0 spiro atoms. The van der Waals surface area contributed by atoms with E-state index >= 15 is 0 Å². The first-order valence-corrected chi connectivity index (χ1v) is 4.84. The first kappa shape index (κ1) is 9.68. The van der Waals surface area contributed by atoms with Gasteiger partial charge in [0, 0.05) is 13.1 Å². The van der Waals surface area contributed by atoms with Gasteiger partial charge in [0.05, 0.1) is 17.8 Å². The standard InChI is InChI=1S/C10H16N2O2/c1-7-8(2)14-9(11-7)4-12-5-10(3,13)6-12/h13H,4-6H2,1-3H3. The third-order valence-corrected chi connectivity index (χ3v) is 2.56. The molecule has 4 nitrogen and oxygen atoms in total. The number of β-amino-alcohol motifs (C(OH)–C–C–N with tert-alkyl or cyclic N) is 1. The van der Waals surface area contributed by atoms with Crippen LogP contribution in [-0.2, 0) is 6.54 Å². The summed E-state index contributed by atoms with van der Waals surface area (Å²) < 4.78 is 5.45. The predicted molar refractivity (Wildman–Crippen MR) is 51.9 cm³/mol. The van der Waals surface area contributed by atoms with E-state index in [9.17, 15) is 5.11 Å². The molecule has 14 heavy (non-hydrogen) atoms. The zero-order valence-electron chi connectivity index (χ0n) is 8.87. The third kappa shape index (κ3) is 1.81. The third-order valence-electron chi connectivity index (χ3n) is 2.56. The first-order valence-electron chi connectivity index (χ1n) is 4.84. The molecular formula is C10H16N2O2. The van der Waals surface area contributed by atoms with Crippen LogP contribution in [0.5, 0.6) is 0 Å². The van der Waals surface area contributed by atoms with Crippen LogP contribution in [0.1, 0.15) is 24.3 Å². The highest BCUT2D eigenvalue weighted by molar-refractivity contribution is 5.06. The van der Waals surface area contributed by atoms with Crippen LogP contribution in [0.3, 0.4) is 0 Å². The molecule has 0 atom stereocenters. The highest BCUT2D eigenvalue weighted by atomic mass is 16.4. The molecule has 0 saturated carbocycles. The van der Waals surface area contributed by atoms with E-state index in [-0.39, 0.29) is 0 Å². The van der Waals surface area contributed by atoms with Gasteiger partial charge in [-0.15, -0.1) is 0 Å². The van der Waals surface area contributed by atoms with E-state index < -0.39 is 5.60 Å². The van der Waals surface area contributed by atoms with Crippen LogP contribution in [0.25, 0.3) is 0 Å². The smallest absolute Gasteiger partial charge is 0.208 e. The van der Waals surface area contributed by atoms with E-state index in [1.165, 1.54) is 0 Å². The predicted octanol–water partition coefficient (Wildman–Crippen LogP) is 0.858. The van der Waals surface area contributed by atoms with Crippen molar-refractivity contribution in [2.45, 2.75) is 32.9 Å². The van der Waals surface area contributed by atoms with Gasteiger partial charge in [0.1, 0.15) is 5.76 Å². The Morgan fingerprint density at radius 2 is 2.14 bits per heavy atom. The summed E-state index contributed by atoms with van der Waals surface area (Å²) in [5, 5.41) is 9.53. The van der Waals surface area contributed by atoms with E-state index in [0.29, 0.717) is 19.6 Å². The molecular weight excluding hydrogens is 180 g/mol. The molecule has 1 aromatic heterocycles. The lowest BCUT2D eigenvalue weighted by atomic mass is 9.97. The number of aliphatic hydroxyl groups is 1. The Labute approximate surface area is 83.5 Å². The Kier molecular flexibility index (Phi) is 2.12. The number of rotatable bonds is 2. The summed E-state index contributed by atoms with van der Waals surface area (Å²) in [5.41, 5.74) is 0.434. The van der Waals surface area contributed by atoms with Gasteiger partial charge in [-0.25, -0.2) is 4.98 Å². The lowest BCUT2D eigenvalue weighted by molar-refractivity contribution is -0.0897. The zero-order valence-corrected chi connectivity index (χ0v) is 8.87. The van der Waals surface area contributed by atoms with Gasteiger partial charge in [-0.3, -0.25) is 4.90 Å². The van der Waals surface area contributed by atoms with Crippen molar-refractivity contribution in [3.63, 3.8) is 0 Å². The lowest BCUT2D eigenvalue weighted by Gasteiger charge is -2.43. The van der Waals surface area contributed by atoms with E-state index in [1.54, 1.807) is 0 Å². The highest BCUT2D eigenvalue weighted by Gasteiger charge is 2.36. The summed E-state index contributed by atoms with van der Waals surface area (Å²) in [7, 11) is 0. The molecule has 1 aliphatic rings. The average molecular weight is 196 g/mol. The monoisotopic (exact) mass is 196 g/mol. The molecule has 0 aromatic carbocycles. The van der Waals surface area contributed by atoms with Crippen LogP contribution >= 0.6 is 0 Å². The topological polar surface area (TPSA) is 49.5 Å². The van der Waals surface area contributed by atoms with Gasteiger partial charge in [0.2, 0.25) is 5.89 Å². The lowest BCUT2D eigenvalue weighted by Crippen LogP contribution is -2.59. The van der Waals surface area contributed by atoms with E-state index in [4.69, 9.17) is 4.42 Å². The number of oxazole rings is 1. The van der Waals surface area contributed by atoms with Gasteiger partial charge in [-0.05, 0) is 20.8 Å². The highest BCUT2D eigenvalue weighted by Crippen LogP contribution is 2.22. The largest absolute Gasteiger partial charge is 0.444 e. The van der Waals surface area contributed by atoms with Crippen LogP contribution < -0.4 is 0 Å². The van der Waals surface area contributed by atoms with Crippen molar-refractivity contribution in [3.8, 4) is 0 Å². The molecule has 1 aromatic rings. The number of hydrogen-bond donors (Lipinski definition) is 1. The fraction of sp³-hybridized carbons (Fsp3) is 0.700. The molecule has 0 aliphatic carbocycles. The fourth-order valence-corrected chi connectivity index (χ4v) is 1.83. The van der Waals surface area contributed by atoms with Crippen LogP contribution in [0, 0.1) is 13.8 Å². The minimum Gasteiger partial charge on any atom is -0.444 e. The van der Waals surface area contributed by atoms with Crippen LogP contribution in [0.15, 0.2) is 4.42 Å². The fourth-order valence-electron chi connectivity index (χ4n) is 1.83. The number of hydrogen-bond acceptors (Lipinski definition) is 4. The molecule has 1 fully saturated rings. The Morgan fingerprint density at radius 1 is 1.50 bits per heavy atom. The van der Waals surface area contributed by atoms with Crippen molar-refractivity contribution in [1.82, 2.24) is 9.88 Å². The molecule has 0 amide bonds. The van der Waals surface area contributed by atoms with Gasteiger partial charge in [0.25, 0.3) is 0 Å². The summed E-state index contributed by atoms with van der Waals surface area (Å²) in [6, 6.07) is 0. The number of nitrogens with zero attached hydrogens (tertiary/aromatic N) is 2. The SMILES string of the molecule is Cc1nc(CN2CC(C)(O)C2)oc1C. The molecule has 0 bridgehead atoms. The molecule has 2 rings (SSSR count).